The Hall–Kier alpha value is -1.62. The van der Waals surface area contributed by atoms with Gasteiger partial charge in [-0.15, -0.1) is 0 Å². The third-order valence-electron chi connectivity index (χ3n) is 3.28. The summed E-state index contributed by atoms with van der Waals surface area (Å²) in [6, 6.07) is 4.34. The Morgan fingerprint density at radius 2 is 2.28 bits per heavy atom. The van der Waals surface area contributed by atoms with Gasteiger partial charge < -0.3 is 15.8 Å². The monoisotopic (exact) mass is 252 g/mol. The number of rotatable bonds is 3. The molecular weight excluding hydrogens is 235 g/mol. The summed E-state index contributed by atoms with van der Waals surface area (Å²) in [5, 5.41) is 2.60. The number of halogens is 1. The molecule has 1 amide bonds. The molecule has 0 aliphatic heterocycles. The molecule has 1 aromatic carbocycles. The molecule has 2 unspecified atom stereocenters. The van der Waals surface area contributed by atoms with Gasteiger partial charge in [-0.3, -0.25) is 4.79 Å². The van der Waals surface area contributed by atoms with Crippen molar-refractivity contribution in [1.29, 1.82) is 0 Å². The lowest BCUT2D eigenvalue weighted by Gasteiger charge is -2.12. The SMILES string of the molecule is COc1ccc(F)c(NC(=O)C2CCC(N)C2)c1. The molecule has 2 atom stereocenters. The Morgan fingerprint density at radius 3 is 2.89 bits per heavy atom. The first-order chi connectivity index (χ1) is 8.60. The maximum atomic E-state index is 13.5. The van der Waals surface area contributed by atoms with Crippen LogP contribution in [0.4, 0.5) is 10.1 Å². The van der Waals surface area contributed by atoms with Gasteiger partial charge in [0.2, 0.25) is 5.91 Å². The molecule has 1 aliphatic rings. The van der Waals surface area contributed by atoms with Crippen molar-refractivity contribution in [2.75, 3.05) is 12.4 Å². The number of hydrogen-bond acceptors (Lipinski definition) is 3. The third-order valence-corrected chi connectivity index (χ3v) is 3.28. The van der Waals surface area contributed by atoms with Gasteiger partial charge in [0.25, 0.3) is 0 Å². The van der Waals surface area contributed by atoms with Crippen molar-refractivity contribution in [3.63, 3.8) is 0 Å². The van der Waals surface area contributed by atoms with E-state index in [1.54, 1.807) is 0 Å². The van der Waals surface area contributed by atoms with E-state index in [0.29, 0.717) is 12.2 Å². The van der Waals surface area contributed by atoms with Crippen molar-refractivity contribution in [3.8, 4) is 5.75 Å². The van der Waals surface area contributed by atoms with Crippen LogP contribution in [0.15, 0.2) is 18.2 Å². The lowest BCUT2D eigenvalue weighted by Crippen LogP contribution is -2.23. The van der Waals surface area contributed by atoms with Crippen LogP contribution in [-0.4, -0.2) is 19.1 Å². The summed E-state index contributed by atoms with van der Waals surface area (Å²) < 4.78 is 18.5. The van der Waals surface area contributed by atoms with Crippen LogP contribution in [0.3, 0.4) is 0 Å². The van der Waals surface area contributed by atoms with E-state index in [9.17, 15) is 9.18 Å². The van der Waals surface area contributed by atoms with Gasteiger partial charge in [0, 0.05) is 18.0 Å². The first-order valence-corrected chi connectivity index (χ1v) is 6.00. The molecule has 0 heterocycles. The summed E-state index contributed by atoms with van der Waals surface area (Å²) in [7, 11) is 1.49. The molecule has 18 heavy (non-hydrogen) atoms. The number of hydrogen-bond donors (Lipinski definition) is 2. The van der Waals surface area contributed by atoms with Crippen LogP contribution in [0.25, 0.3) is 0 Å². The summed E-state index contributed by atoms with van der Waals surface area (Å²) >= 11 is 0. The number of nitrogens with one attached hydrogen (secondary N) is 1. The highest BCUT2D eigenvalue weighted by atomic mass is 19.1. The predicted molar refractivity (Wildman–Crippen MR) is 66.9 cm³/mol. The summed E-state index contributed by atoms with van der Waals surface area (Å²) in [5.41, 5.74) is 5.91. The van der Waals surface area contributed by atoms with Gasteiger partial charge in [0.15, 0.2) is 0 Å². The topological polar surface area (TPSA) is 64.3 Å². The van der Waals surface area contributed by atoms with Crippen LogP contribution in [0.2, 0.25) is 0 Å². The van der Waals surface area contributed by atoms with Gasteiger partial charge in [-0.2, -0.15) is 0 Å². The molecule has 0 radical (unpaired) electrons. The van der Waals surface area contributed by atoms with Crippen LogP contribution in [0.5, 0.6) is 5.75 Å². The van der Waals surface area contributed by atoms with Gasteiger partial charge in [-0.25, -0.2) is 4.39 Å². The molecule has 0 bridgehead atoms. The number of carbonyl (C=O) groups excluding carboxylic acids is 1. The van der Waals surface area contributed by atoms with E-state index >= 15 is 0 Å². The first-order valence-electron chi connectivity index (χ1n) is 6.00. The molecule has 3 N–H and O–H groups in total. The summed E-state index contributed by atoms with van der Waals surface area (Å²) in [4.78, 5) is 11.9. The van der Waals surface area contributed by atoms with Crippen molar-refractivity contribution in [3.05, 3.63) is 24.0 Å². The number of carbonyl (C=O) groups is 1. The Morgan fingerprint density at radius 1 is 1.50 bits per heavy atom. The average molecular weight is 252 g/mol. The van der Waals surface area contributed by atoms with E-state index in [-0.39, 0.29) is 23.6 Å². The van der Waals surface area contributed by atoms with E-state index in [1.165, 1.54) is 25.3 Å². The van der Waals surface area contributed by atoms with Crippen LogP contribution in [0, 0.1) is 11.7 Å². The van der Waals surface area contributed by atoms with Gasteiger partial charge >= 0.3 is 0 Å². The minimum Gasteiger partial charge on any atom is -0.497 e. The number of ether oxygens (including phenoxy) is 1. The molecule has 4 nitrogen and oxygen atoms in total. The fraction of sp³-hybridized carbons (Fsp3) is 0.462. The standard InChI is InChI=1S/C13H17FN2O2/c1-18-10-4-5-11(14)12(7-10)16-13(17)8-2-3-9(15)6-8/h4-5,7-9H,2-3,6,15H2,1H3,(H,16,17). The van der Waals surface area contributed by atoms with Gasteiger partial charge in [0.1, 0.15) is 11.6 Å². The van der Waals surface area contributed by atoms with Crippen molar-refractivity contribution < 1.29 is 13.9 Å². The number of methoxy groups -OCH3 is 1. The lowest BCUT2D eigenvalue weighted by molar-refractivity contribution is -0.119. The van der Waals surface area contributed by atoms with E-state index in [0.717, 1.165) is 12.8 Å². The minimum atomic E-state index is -0.466. The first kappa shape index (κ1) is 12.8. The maximum absolute atomic E-state index is 13.5. The molecule has 5 heteroatoms. The molecule has 0 spiro atoms. The molecule has 0 saturated heterocycles. The molecule has 0 aromatic heterocycles. The van der Waals surface area contributed by atoms with Crippen molar-refractivity contribution in [2.45, 2.75) is 25.3 Å². The van der Waals surface area contributed by atoms with Gasteiger partial charge in [-0.05, 0) is 31.4 Å². The number of amides is 1. The summed E-state index contributed by atoms with van der Waals surface area (Å²) in [5.74, 6) is -0.248. The smallest absolute Gasteiger partial charge is 0.227 e. The molecule has 1 aliphatic carbocycles. The zero-order chi connectivity index (χ0) is 13.1. The lowest BCUT2D eigenvalue weighted by atomic mass is 10.1. The van der Waals surface area contributed by atoms with E-state index in [4.69, 9.17) is 10.5 Å². The zero-order valence-corrected chi connectivity index (χ0v) is 10.3. The van der Waals surface area contributed by atoms with Gasteiger partial charge in [0.05, 0.1) is 12.8 Å². The minimum absolute atomic E-state index is 0.0795. The second-order valence-corrected chi connectivity index (χ2v) is 4.61. The van der Waals surface area contributed by atoms with Crippen LogP contribution in [-0.2, 0) is 4.79 Å². The molecule has 98 valence electrons. The Kier molecular flexibility index (Phi) is 3.81. The predicted octanol–water partition coefficient (Wildman–Crippen LogP) is 1.90. The zero-order valence-electron chi connectivity index (χ0n) is 10.3. The number of benzene rings is 1. The maximum Gasteiger partial charge on any atom is 0.227 e. The molecule has 1 fully saturated rings. The molecule has 1 saturated carbocycles. The second kappa shape index (κ2) is 5.35. The largest absolute Gasteiger partial charge is 0.497 e. The Bertz CT molecular complexity index is 451. The van der Waals surface area contributed by atoms with E-state index in [2.05, 4.69) is 5.32 Å². The Balaban J connectivity index is 2.06. The fourth-order valence-electron chi connectivity index (χ4n) is 2.22. The average Bonchev–Trinajstić information content (AvgIpc) is 2.79. The number of nitrogens with two attached hydrogens (primary N) is 1. The molecule has 2 rings (SSSR count). The fourth-order valence-corrected chi connectivity index (χ4v) is 2.22. The van der Waals surface area contributed by atoms with Crippen LogP contribution < -0.4 is 15.8 Å². The summed E-state index contributed by atoms with van der Waals surface area (Å²) in [6.45, 7) is 0. The van der Waals surface area contributed by atoms with Crippen LogP contribution in [0.1, 0.15) is 19.3 Å². The van der Waals surface area contributed by atoms with Crippen molar-refractivity contribution in [1.82, 2.24) is 0 Å². The summed E-state index contributed by atoms with van der Waals surface area (Å²) in [6.07, 6.45) is 2.27. The second-order valence-electron chi connectivity index (χ2n) is 4.61. The normalized spacial score (nSPS) is 22.8. The molecular formula is C13H17FN2O2. The highest BCUT2D eigenvalue weighted by Crippen LogP contribution is 2.27. The third kappa shape index (κ3) is 2.79. The van der Waals surface area contributed by atoms with E-state index in [1.807, 2.05) is 0 Å². The van der Waals surface area contributed by atoms with Crippen LogP contribution >= 0.6 is 0 Å². The highest BCUT2D eigenvalue weighted by Gasteiger charge is 2.28. The number of anilines is 1. The van der Waals surface area contributed by atoms with Gasteiger partial charge in [-0.1, -0.05) is 0 Å². The van der Waals surface area contributed by atoms with Crippen molar-refractivity contribution >= 4 is 11.6 Å². The highest BCUT2D eigenvalue weighted by molar-refractivity contribution is 5.93. The Labute approximate surface area is 105 Å². The quantitative estimate of drug-likeness (QED) is 0.863. The molecule has 1 aromatic rings. The van der Waals surface area contributed by atoms with E-state index < -0.39 is 5.82 Å². The van der Waals surface area contributed by atoms with Crippen molar-refractivity contribution in [2.24, 2.45) is 11.7 Å².